The third-order valence-electron chi connectivity index (χ3n) is 3.30. The van der Waals surface area contributed by atoms with E-state index in [1.807, 2.05) is 57.2 Å². The Balaban J connectivity index is 2.08. The number of aryl methyl sites for hydroxylation is 3. The first-order valence-electron chi connectivity index (χ1n) is 6.78. The molecule has 0 aromatic heterocycles. The number of carbonyl (C=O) groups excluding carboxylic acids is 1. The summed E-state index contributed by atoms with van der Waals surface area (Å²) in [5.41, 5.74) is 4.94. The molecule has 2 aromatic rings. The smallest absolute Gasteiger partial charge is 0.187 e. The van der Waals surface area contributed by atoms with E-state index in [4.69, 9.17) is 0 Å². The summed E-state index contributed by atoms with van der Waals surface area (Å²) >= 11 is 3.47. The van der Waals surface area contributed by atoms with Crippen LogP contribution < -0.4 is 5.32 Å². The van der Waals surface area contributed by atoms with Gasteiger partial charge in [-0.1, -0.05) is 33.6 Å². The summed E-state index contributed by atoms with van der Waals surface area (Å²) < 4.78 is 1.07. The standard InChI is InChI=1S/C18H18BrNO/c1-12-4-5-13(2)16(10-12)18(21)8-9-20-15-6-7-17(19)14(3)11-15/h4-11,20H,1-3H3. The van der Waals surface area contributed by atoms with Crippen LogP contribution in [0.5, 0.6) is 0 Å². The third kappa shape index (κ3) is 4.05. The molecule has 0 saturated carbocycles. The second-order valence-electron chi connectivity index (χ2n) is 5.12. The Kier molecular flexibility index (Phi) is 4.97. The fraction of sp³-hybridized carbons (Fsp3) is 0.167. The topological polar surface area (TPSA) is 29.1 Å². The molecule has 0 aliphatic heterocycles. The number of benzene rings is 2. The maximum Gasteiger partial charge on any atom is 0.187 e. The van der Waals surface area contributed by atoms with Crippen molar-refractivity contribution in [2.75, 3.05) is 5.32 Å². The van der Waals surface area contributed by atoms with Crippen molar-refractivity contribution in [2.45, 2.75) is 20.8 Å². The first kappa shape index (κ1) is 15.5. The van der Waals surface area contributed by atoms with Gasteiger partial charge in [-0.2, -0.15) is 0 Å². The molecule has 21 heavy (non-hydrogen) atoms. The minimum atomic E-state index is 0.0116. The van der Waals surface area contributed by atoms with Gasteiger partial charge in [-0.05, 0) is 56.2 Å². The second-order valence-corrected chi connectivity index (χ2v) is 5.98. The minimum absolute atomic E-state index is 0.0116. The van der Waals surface area contributed by atoms with Crippen LogP contribution in [-0.4, -0.2) is 5.78 Å². The zero-order valence-corrected chi connectivity index (χ0v) is 14.0. The molecule has 2 aromatic carbocycles. The van der Waals surface area contributed by atoms with Gasteiger partial charge in [0.15, 0.2) is 5.78 Å². The summed E-state index contributed by atoms with van der Waals surface area (Å²) in [6.07, 6.45) is 3.26. The first-order valence-corrected chi connectivity index (χ1v) is 7.57. The van der Waals surface area contributed by atoms with Crippen LogP contribution >= 0.6 is 15.9 Å². The zero-order valence-electron chi connectivity index (χ0n) is 12.4. The summed E-state index contributed by atoms with van der Waals surface area (Å²) in [5.74, 6) is 0.0116. The number of rotatable bonds is 4. The third-order valence-corrected chi connectivity index (χ3v) is 4.19. The number of nitrogens with one attached hydrogen (secondary N) is 1. The van der Waals surface area contributed by atoms with Gasteiger partial charge in [0.2, 0.25) is 0 Å². The van der Waals surface area contributed by atoms with Gasteiger partial charge in [-0.15, -0.1) is 0 Å². The summed E-state index contributed by atoms with van der Waals surface area (Å²) in [4.78, 5) is 12.2. The lowest BCUT2D eigenvalue weighted by atomic mass is 10.0. The van der Waals surface area contributed by atoms with Gasteiger partial charge in [-0.3, -0.25) is 4.79 Å². The lowest BCUT2D eigenvalue weighted by Crippen LogP contribution is -2.00. The second kappa shape index (κ2) is 6.72. The number of anilines is 1. The normalized spacial score (nSPS) is 10.9. The molecule has 0 atom stereocenters. The predicted octanol–water partition coefficient (Wildman–Crippen LogP) is 5.18. The number of ketones is 1. The van der Waals surface area contributed by atoms with Crippen LogP contribution in [-0.2, 0) is 0 Å². The van der Waals surface area contributed by atoms with Crippen LogP contribution in [0.1, 0.15) is 27.0 Å². The Labute approximate surface area is 134 Å². The lowest BCUT2D eigenvalue weighted by Gasteiger charge is -2.05. The zero-order chi connectivity index (χ0) is 15.4. The molecule has 2 nitrogen and oxygen atoms in total. The van der Waals surface area contributed by atoms with Crippen LogP contribution in [0.2, 0.25) is 0 Å². The fourth-order valence-corrected chi connectivity index (χ4v) is 2.29. The van der Waals surface area contributed by atoms with Gasteiger partial charge in [0.25, 0.3) is 0 Å². The van der Waals surface area contributed by atoms with Gasteiger partial charge < -0.3 is 5.32 Å². The van der Waals surface area contributed by atoms with Crippen molar-refractivity contribution >= 4 is 27.4 Å². The SMILES string of the molecule is Cc1ccc(C)c(C(=O)C=CNc2ccc(Br)c(C)c2)c1. The van der Waals surface area contributed by atoms with Crippen LogP contribution in [0.25, 0.3) is 0 Å². The van der Waals surface area contributed by atoms with Gasteiger partial charge in [0.05, 0.1) is 0 Å². The average Bonchev–Trinajstić information content (AvgIpc) is 2.45. The minimum Gasteiger partial charge on any atom is -0.362 e. The highest BCUT2D eigenvalue weighted by atomic mass is 79.9. The molecule has 0 aliphatic carbocycles. The molecular weight excluding hydrogens is 326 g/mol. The molecule has 108 valence electrons. The molecule has 0 aliphatic rings. The number of hydrogen-bond donors (Lipinski definition) is 1. The largest absolute Gasteiger partial charge is 0.362 e. The highest BCUT2D eigenvalue weighted by Crippen LogP contribution is 2.20. The van der Waals surface area contributed by atoms with Gasteiger partial charge in [0.1, 0.15) is 0 Å². The quantitative estimate of drug-likeness (QED) is 0.611. The molecule has 0 heterocycles. The molecule has 0 unspecified atom stereocenters. The fourth-order valence-electron chi connectivity index (χ4n) is 2.04. The Morgan fingerprint density at radius 2 is 1.81 bits per heavy atom. The van der Waals surface area contributed by atoms with E-state index in [0.717, 1.165) is 32.4 Å². The Morgan fingerprint density at radius 1 is 1.05 bits per heavy atom. The highest BCUT2D eigenvalue weighted by Gasteiger charge is 2.05. The Bertz CT molecular complexity index is 704. The van der Waals surface area contributed by atoms with Gasteiger partial charge in [0, 0.05) is 28.0 Å². The van der Waals surface area contributed by atoms with E-state index in [1.165, 1.54) is 0 Å². The van der Waals surface area contributed by atoms with Crippen molar-refractivity contribution in [3.05, 3.63) is 75.4 Å². The highest BCUT2D eigenvalue weighted by molar-refractivity contribution is 9.10. The van der Waals surface area contributed by atoms with Gasteiger partial charge in [-0.25, -0.2) is 0 Å². The van der Waals surface area contributed by atoms with E-state index in [0.29, 0.717) is 0 Å². The lowest BCUT2D eigenvalue weighted by molar-refractivity contribution is 0.104. The molecule has 2 rings (SSSR count). The summed E-state index contributed by atoms with van der Waals surface area (Å²) in [6, 6.07) is 11.9. The van der Waals surface area contributed by atoms with Crippen LogP contribution in [0.4, 0.5) is 5.69 Å². The summed E-state index contributed by atoms with van der Waals surface area (Å²) in [5, 5.41) is 3.13. The maximum atomic E-state index is 12.2. The van der Waals surface area contributed by atoms with Crippen LogP contribution in [0.15, 0.2) is 53.1 Å². The number of allylic oxidation sites excluding steroid dienone is 1. The Morgan fingerprint density at radius 3 is 2.52 bits per heavy atom. The van der Waals surface area contributed by atoms with Crippen molar-refractivity contribution in [2.24, 2.45) is 0 Å². The molecule has 0 spiro atoms. The molecule has 0 amide bonds. The van der Waals surface area contributed by atoms with Crippen molar-refractivity contribution in [1.29, 1.82) is 0 Å². The molecule has 1 N–H and O–H groups in total. The summed E-state index contributed by atoms with van der Waals surface area (Å²) in [7, 11) is 0. The first-order chi connectivity index (χ1) is 9.97. The molecule has 0 saturated heterocycles. The van der Waals surface area contributed by atoms with E-state index >= 15 is 0 Å². The Hall–Kier alpha value is -1.87. The van der Waals surface area contributed by atoms with Crippen molar-refractivity contribution in [3.8, 4) is 0 Å². The predicted molar refractivity (Wildman–Crippen MR) is 91.9 cm³/mol. The number of hydrogen-bond acceptors (Lipinski definition) is 2. The molecule has 3 heteroatoms. The molecule has 0 bridgehead atoms. The molecule has 0 radical (unpaired) electrons. The van der Waals surface area contributed by atoms with Gasteiger partial charge >= 0.3 is 0 Å². The van der Waals surface area contributed by atoms with Crippen molar-refractivity contribution < 1.29 is 4.79 Å². The molecule has 0 fully saturated rings. The van der Waals surface area contributed by atoms with Crippen molar-refractivity contribution in [1.82, 2.24) is 0 Å². The van der Waals surface area contributed by atoms with Crippen molar-refractivity contribution in [3.63, 3.8) is 0 Å². The number of carbonyl (C=O) groups is 1. The molecular formula is C18H18BrNO. The maximum absolute atomic E-state index is 12.2. The van der Waals surface area contributed by atoms with E-state index in [1.54, 1.807) is 12.3 Å². The van der Waals surface area contributed by atoms with Crippen LogP contribution in [0, 0.1) is 20.8 Å². The summed E-state index contributed by atoms with van der Waals surface area (Å²) in [6.45, 7) is 5.97. The number of halogens is 1. The van der Waals surface area contributed by atoms with E-state index in [9.17, 15) is 4.79 Å². The monoisotopic (exact) mass is 343 g/mol. The average molecular weight is 344 g/mol. The van der Waals surface area contributed by atoms with E-state index in [2.05, 4.69) is 21.2 Å². The van der Waals surface area contributed by atoms with E-state index < -0.39 is 0 Å². The van der Waals surface area contributed by atoms with Crippen LogP contribution in [0.3, 0.4) is 0 Å². The van der Waals surface area contributed by atoms with E-state index in [-0.39, 0.29) is 5.78 Å².